The number of nitrogens with zero attached hydrogens (tertiary/aromatic N) is 2. The normalized spacial score (nSPS) is 11.6. The van der Waals surface area contributed by atoms with E-state index in [9.17, 15) is 23.3 Å². The zero-order valence-corrected chi connectivity index (χ0v) is 18.3. The molecule has 0 aliphatic heterocycles. The minimum Gasteiger partial charge on any atom is -0.383 e. The highest BCUT2D eigenvalue weighted by Gasteiger charge is 2.20. The minimum absolute atomic E-state index is 0.0164. The van der Waals surface area contributed by atoms with E-state index in [0.717, 1.165) is 5.69 Å². The number of rotatable bonds is 11. The largest absolute Gasteiger partial charge is 0.383 e. The first-order valence-electron chi connectivity index (χ1n) is 9.82. The van der Waals surface area contributed by atoms with Gasteiger partial charge in [0.15, 0.2) is 0 Å². The van der Waals surface area contributed by atoms with Gasteiger partial charge in [-0.2, -0.15) is 4.31 Å². The average molecular weight is 447 g/mol. The highest BCUT2D eigenvalue weighted by atomic mass is 32.2. The number of carbonyl (C=O) groups is 1. The molecule has 0 aliphatic rings. The second-order valence-corrected chi connectivity index (χ2v) is 8.45. The Morgan fingerprint density at radius 3 is 2.19 bits per heavy atom. The van der Waals surface area contributed by atoms with Gasteiger partial charge in [-0.3, -0.25) is 14.9 Å². The SMILES string of the molecule is CCN(CC)S(=O)(=O)c1ccc(/C=C/C(=O)NCCNc2ccc([N+](=O)[O-])cc2)cc1. The molecule has 0 saturated carbocycles. The zero-order chi connectivity index (χ0) is 22.9. The van der Waals surface area contributed by atoms with E-state index in [1.54, 1.807) is 44.2 Å². The Balaban J connectivity index is 1.81. The summed E-state index contributed by atoms with van der Waals surface area (Å²) in [7, 11) is -3.50. The minimum atomic E-state index is -3.50. The standard InChI is InChI=1S/C21H26N4O5S/c1-3-24(4-2)31(29,30)20-12-5-17(6-13-20)7-14-21(26)23-16-15-22-18-8-10-19(11-9-18)25(27)28/h5-14,22H,3-4,15-16H2,1-2H3,(H,23,26)/b14-7+. The Morgan fingerprint density at radius 2 is 1.65 bits per heavy atom. The first-order chi connectivity index (χ1) is 14.8. The molecule has 31 heavy (non-hydrogen) atoms. The van der Waals surface area contributed by atoms with Crippen LogP contribution in [-0.4, -0.2) is 49.7 Å². The van der Waals surface area contributed by atoms with Gasteiger partial charge in [-0.15, -0.1) is 0 Å². The van der Waals surface area contributed by atoms with Gasteiger partial charge < -0.3 is 10.6 Å². The van der Waals surface area contributed by atoms with Crippen LogP contribution in [0.2, 0.25) is 0 Å². The van der Waals surface area contributed by atoms with Crippen LogP contribution in [0.15, 0.2) is 59.5 Å². The molecule has 2 aromatic rings. The highest BCUT2D eigenvalue weighted by molar-refractivity contribution is 7.89. The third-order valence-corrected chi connectivity index (χ3v) is 6.55. The van der Waals surface area contributed by atoms with Crippen LogP contribution < -0.4 is 10.6 Å². The molecule has 166 valence electrons. The van der Waals surface area contributed by atoms with Crippen molar-refractivity contribution in [2.45, 2.75) is 18.7 Å². The Labute approximate surface area is 182 Å². The summed E-state index contributed by atoms with van der Waals surface area (Å²) in [5.41, 5.74) is 1.44. The van der Waals surface area contributed by atoms with Crippen molar-refractivity contribution >= 4 is 33.4 Å². The van der Waals surface area contributed by atoms with E-state index in [0.29, 0.717) is 31.7 Å². The summed E-state index contributed by atoms with van der Waals surface area (Å²) in [6.45, 7) is 5.20. The summed E-state index contributed by atoms with van der Waals surface area (Å²) >= 11 is 0. The van der Waals surface area contributed by atoms with Crippen molar-refractivity contribution in [2.24, 2.45) is 0 Å². The molecular weight excluding hydrogens is 420 g/mol. The molecule has 2 rings (SSSR count). The van der Waals surface area contributed by atoms with Crippen LogP contribution in [0.4, 0.5) is 11.4 Å². The number of non-ortho nitro benzene ring substituents is 1. The van der Waals surface area contributed by atoms with Crippen molar-refractivity contribution in [3.8, 4) is 0 Å². The van der Waals surface area contributed by atoms with Crippen molar-refractivity contribution < 1.29 is 18.1 Å². The maximum Gasteiger partial charge on any atom is 0.269 e. The van der Waals surface area contributed by atoms with Crippen molar-refractivity contribution in [2.75, 3.05) is 31.5 Å². The number of anilines is 1. The van der Waals surface area contributed by atoms with Gasteiger partial charge in [0.05, 0.1) is 9.82 Å². The van der Waals surface area contributed by atoms with Crippen LogP contribution in [0, 0.1) is 10.1 Å². The molecule has 0 bridgehead atoms. The summed E-state index contributed by atoms with van der Waals surface area (Å²) < 4.78 is 26.3. The molecule has 0 saturated heterocycles. The smallest absolute Gasteiger partial charge is 0.269 e. The number of hydrogen-bond acceptors (Lipinski definition) is 6. The Bertz CT molecular complexity index is 1010. The van der Waals surface area contributed by atoms with E-state index in [4.69, 9.17) is 0 Å². The fraction of sp³-hybridized carbons (Fsp3) is 0.286. The van der Waals surface area contributed by atoms with Crippen molar-refractivity contribution in [1.29, 1.82) is 0 Å². The maximum atomic E-state index is 12.5. The Kier molecular flexibility index (Phi) is 8.71. The van der Waals surface area contributed by atoms with Crippen LogP contribution >= 0.6 is 0 Å². The van der Waals surface area contributed by atoms with Gasteiger partial charge in [-0.05, 0) is 35.9 Å². The summed E-state index contributed by atoms with van der Waals surface area (Å²) in [5.74, 6) is -0.287. The molecule has 2 aromatic carbocycles. The number of nitro groups is 1. The monoisotopic (exact) mass is 446 g/mol. The fourth-order valence-corrected chi connectivity index (χ4v) is 4.25. The van der Waals surface area contributed by atoms with Gasteiger partial charge in [0.1, 0.15) is 0 Å². The topological polar surface area (TPSA) is 122 Å². The molecule has 1 amide bonds. The van der Waals surface area contributed by atoms with Gasteiger partial charge in [0.25, 0.3) is 5.69 Å². The van der Waals surface area contributed by atoms with Crippen LogP contribution in [0.3, 0.4) is 0 Å². The molecule has 10 heteroatoms. The van der Waals surface area contributed by atoms with E-state index in [1.807, 2.05) is 0 Å². The van der Waals surface area contributed by atoms with E-state index in [-0.39, 0.29) is 16.5 Å². The Morgan fingerprint density at radius 1 is 1.03 bits per heavy atom. The van der Waals surface area contributed by atoms with Gasteiger partial charge in [-0.25, -0.2) is 8.42 Å². The van der Waals surface area contributed by atoms with Crippen LogP contribution in [0.1, 0.15) is 19.4 Å². The summed E-state index contributed by atoms with van der Waals surface area (Å²) in [5, 5.41) is 16.4. The number of benzene rings is 2. The van der Waals surface area contributed by atoms with Crippen molar-refractivity contribution in [3.05, 3.63) is 70.3 Å². The molecule has 0 heterocycles. The first kappa shape index (κ1) is 24.0. The molecule has 2 N–H and O–H groups in total. The predicted molar refractivity (Wildman–Crippen MR) is 120 cm³/mol. The van der Waals surface area contributed by atoms with Gasteiger partial charge in [-0.1, -0.05) is 26.0 Å². The molecule has 0 atom stereocenters. The number of nitrogens with one attached hydrogen (secondary N) is 2. The number of nitro benzene ring substituents is 1. The quantitative estimate of drug-likeness (QED) is 0.237. The van der Waals surface area contributed by atoms with Gasteiger partial charge in [0.2, 0.25) is 15.9 Å². The third kappa shape index (κ3) is 6.90. The highest BCUT2D eigenvalue weighted by Crippen LogP contribution is 2.17. The lowest BCUT2D eigenvalue weighted by atomic mass is 10.2. The van der Waals surface area contributed by atoms with Crippen molar-refractivity contribution in [1.82, 2.24) is 9.62 Å². The van der Waals surface area contributed by atoms with Gasteiger partial charge >= 0.3 is 0 Å². The second kappa shape index (κ2) is 11.2. The molecule has 0 aliphatic carbocycles. The summed E-state index contributed by atoms with van der Waals surface area (Å²) in [4.78, 5) is 22.3. The number of hydrogen-bond donors (Lipinski definition) is 2. The Hall–Kier alpha value is -3.24. The summed E-state index contributed by atoms with van der Waals surface area (Å²) in [6.07, 6.45) is 2.98. The molecule has 0 unspecified atom stereocenters. The van der Waals surface area contributed by atoms with Gasteiger partial charge in [0, 0.05) is 50.1 Å². The molecule has 0 aromatic heterocycles. The van der Waals surface area contributed by atoms with E-state index in [1.165, 1.54) is 34.6 Å². The zero-order valence-electron chi connectivity index (χ0n) is 17.4. The third-order valence-electron chi connectivity index (χ3n) is 4.48. The fourth-order valence-electron chi connectivity index (χ4n) is 2.79. The number of sulfonamides is 1. The second-order valence-electron chi connectivity index (χ2n) is 6.51. The van der Waals surface area contributed by atoms with E-state index < -0.39 is 14.9 Å². The maximum absolute atomic E-state index is 12.5. The molecule has 0 radical (unpaired) electrons. The average Bonchev–Trinajstić information content (AvgIpc) is 2.76. The summed E-state index contributed by atoms with van der Waals surface area (Å²) in [6, 6.07) is 12.4. The lowest BCUT2D eigenvalue weighted by Crippen LogP contribution is -2.30. The lowest BCUT2D eigenvalue weighted by molar-refractivity contribution is -0.384. The number of carbonyl (C=O) groups excluding carboxylic acids is 1. The van der Waals surface area contributed by atoms with Crippen LogP contribution in [0.5, 0.6) is 0 Å². The molecule has 0 fully saturated rings. The predicted octanol–water partition coefficient (Wildman–Crippen LogP) is 2.87. The first-order valence-corrected chi connectivity index (χ1v) is 11.3. The molecule has 0 spiro atoms. The van der Waals surface area contributed by atoms with E-state index >= 15 is 0 Å². The van der Waals surface area contributed by atoms with Crippen molar-refractivity contribution in [3.63, 3.8) is 0 Å². The van der Waals surface area contributed by atoms with E-state index in [2.05, 4.69) is 10.6 Å². The number of amides is 1. The lowest BCUT2D eigenvalue weighted by Gasteiger charge is -2.18. The molecule has 9 nitrogen and oxygen atoms in total. The van der Waals surface area contributed by atoms with Crippen LogP contribution in [0.25, 0.3) is 6.08 Å². The van der Waals surface area contributed by atoms with Crippen LogP contribution in [-0.2, 0) is 14.8 Å². The molecular formula is C21H26N4O5S.